The second kappa shape index (κ2) is 4.36. The van der Waals surface area contributed by atoms with Crippen LogP contribution in [0.5, 0.6) is 0 Å². The van der Waals surface area contributed by atoms with Gasteiger partial charge in [-0.2, -0.15) is 0 Å². The maximum Gasteiger partial charge on any atom is 0.360 e. The van der Waals surface area contributed by atoms with E-state index in [0.717, 1.165) is 0 Å². The SMILES string of the molecule is CCOC(=O)c1nc2c(C(=O)O)cccn2c1N. The van der Waals surface area contributed by atoms with Crippen LogP contribution in [0.25, 0.3) is 5.65 Å². The third kappa shape index (κ3) is 1.75. The summed E-state index contributed by atoms with van der Waals surface area (Å²) in [4.78, 5) is 26.5. The van der Waals surface area contributed by atoms with E-state index in [1.165, 1.54) is 22.7 Å². The quantitative estimate of drug-likeness (QED) is 0.779. The van der Waals surface area contributed by atoms with E-state index in [2.05, 4.69) is 4.98 Å². The Kier molecular flexibility index (Phi) is 2.88. The number of imidazole rings is 1. The van der Waals surface area contributed by atoms with Gasteiger partial charge in [-0.1, -0.05) is 0 Å². The first kappa shape index (κ1) is 11.9. The molecule has 0 fully saturated rings. The van der Waals surface area contributed by atoms with Crippen molar-refractivity contribution < 1.29 is 19.4 Å². The molecular formula is C11H11N3O4. The van der Waals surface area contributed by atoms with Crippen LogP contribution in [-0.4, -0.2) is 33.0 Å². The number of aromatic nitrogens is 2. The molecule has 7 nitrogen and oxygen atoms in total. The Hall–Kier alpha value is -2.57. The number of carbonyl (C=O) groups is 2. The molecule has 18 heavy (non-hydrogen) atoms. The summed E-state index contributed by atoms with van der Waals surface area (Å²) >= 11 is 0. The first-order valence-electron chi connectivity index (χ1n) is 5.23. The van der Waals surface area contributed by atoms with Crippen LogP contribution in [0, 0.1) is 0 Å². The van der Waals surface area contributed by atoms with Gasteiger partial charge in [0.2, 0.25) is 0 Å². The monoisotopic (exact) mass is 249 g/mol. The van der Waals surface area contributed by atoms with Gasteiger partial charge >= 0.3 is 11.9 Å². The summed E-state index contributed by atoms with van der Waals surface area (Å²) in [6.07, 6.45) is 1.53. The van der Waals surface area contributed by atoms with Crippen molar-refractivity contribution >= 4 is 23.4 Å². The zero-order chi connectivity index (χ0) is 13.3. The number of pyridine rings is 1. The van der Waals surface area contributed by atoms with Crippen molar-refractivity contribution in [1.29, 1.82) is 0 Å². The zero-order valence-corrected chi connectivity index (χ0v) is 9.58. The van der Waals surface area contributed by atoms with Gasteiger partial charge in [-0.25, -0.2) is 14.6 Å². The minimum Gasteiger partial charge on any atom is -0.478 e. The highest BCUT2D eigenvalue weighted by Crippen LogP contribution is 2.19. The van der Waals surface area contributed by atoms with E-state index >= 15 is 0 Å². The summed E-state index contributed by atoms with van der Waals surface area (Å²) in [6.45, 7) is 1.85. The maximum atomic E-state index is 11.6. The van der Waals surface area contributed by atoms with E-state index < -0.39 is 11.9 Å². The van der Waals surface area contributed by atoms with Gasteiger partial charge in [-0.05, 0) is 19.1 Å². The molecule has 7 heteroatoms. The van der Waals surface area contributed by atoms with Crippen molar-refractivity contribution in [1.82, 2.24) is 9.38 Å². The normalized spacial score (nSPS) is 10.5. The van der Waals surface area contributed by atoms with Gasteiger partial charge in [0.1, 0.15) is 11.4 Å². The lowest BCUT2D eigenvalue weighted by Gasteiger charge is -1.99. The molecule has 0 saturated heterocycles. The molecule has 2 heterocycles. The Morgan fingerprint density at radius 2 is 2.28 bits per heavy atom. The summed E-state index contributed by atoms with van der Waals surface area (Å²) in [5.41, 5.74) is 5.76. The Morgan fingerprint density at radius 3 is 2.89 bits per heavy atom. The minimum absolute atomic E-state index is 0.0280. The maximum absolute atomic E-state index is 11.6. The molecule has 2 aromatic rings. The van der Waals surface area contributed by atoms with Crippen LogP contribution in [0.1, 0.15) is 27.8 Å². The second-order valence-electron chi connectivity index (χ2n) is 3.49. The molecule has 0 unspecified atom stereocenters. The first-order chi connectivity index (χ1) is 8.56. The molecule has 0 aliphatic carbocycles. The Labute approximate surface area is 102 Å². The molecule has 0 aliphatic rings. The standard InChI is InChI=1S/C11H11N3O4/c1-2-18-11(17)7-8(12)14-5-3-4-6(10(15)16)9(14)13-7/h3-5H,2,12H2,1H3,(H,15,16). The van der Waals surface area contributed by atoms with Crippen molar-refractivity contribution in [3.8, 4) is 0 Å². The summed E-state index contributed by atoms with van der Waals surface area (Å²) < 4.78 is 6.14. The Morgan fingerprint density at radius 1 is 1.56 bits per heavy atom. The van der Waals surface area contributed by atoms with Gasteiger partial charge in [0, 0.05) is 6.20 Å². The number of fused-ring (bicyclic) bond motifs is 1. The zero-order valence-electron chi connectivity index (χ0n) is 9.58. The number of nitrogen functional groups attached to an aromatic ring is 1. The molecule has 0 aromatic carbocycles. The number of nitrogens with two attached hydrogens (primary N) is 1. The van der Waals surface area contributed by atoms with Gasteiger partial charge in [0.05, 0.1) is 6.61 Å². The molecule has 0 spiro atoms. The van der Waals surface area contributed by atoms with Crippen LogP contribution in [0.3, 0.4) is 0 Å². The number of ether oxygens (including phenoxy) is 1. The Balaban J connectivity index is 2.66. The number of carbonyl (C=O) groups excluding carboxylic acids is 1. The van der Waals surface area contributed by atoms with Crippen molar-refractivity contribution in [2.75, 3.05) is 12.3 Å². The smallest absolute Gasteiger partial charge is 0.360 e. The number of hydrogen-bond donors (Lipinski definition) is 2. The van der Waals surface area contributed by atoms with Crippen molar-refractivity contribution in [3.63, 3.8) is 0 Å². The molecule has 3 N–H and O–H groups in total. The third-order valence-electron chi connectivity index (χ3n) is 2.39. The first-order valence-corrected chi connectivity index (χ1v) is 5.23. The van der Waals surface area contributed by atoms with Crippen LogP contribution in [0.15, 0.2) is 18.3 Å². The Bertz CT molecular complexity index is 632. The highest BCUT2D eigenvalue weighted by Gasteiger charge is 2.21. The molecule has 0 radical (unpaired) electrons. The van der Waals surface area contributed by atoms with Crippen LogP contribution in [-0.2, 0) is 4.74 Å². The van der Waals surface area contributed by atoms with E-state index in [0.29, 0.717) is 0 Å². The summed E-state index contributed by atoms with van der Waals surface area (Å²) in [5.74, 6) is -1.75. The van der Waals surface area contributed by atoms with E-state index in [4.69, 9.17) is 15.6 Å². The fourth-order valence-corrected chi connectivity index (χ4v) is 1.60. The fraction of sp³-hybridized carbons (Fsp3) is 0.182. The fourth-order valence-electron chi connectivity index (χ4n) is 1.60. The molecular weight excluding hydrogens is 238 g/mol. The number of nitrogens with zero attached hydrogens (tertiary/aromatic N) is 2. The van der Waals surface area contributed by atoms with Crippen LogP contribution in [0.2, 0.25) is 0 Å². The molecule has 0 amide bonds. The summed E-state index contributed by atoms with van der Waals surface area (Å²) in [7, 11) is 0. The van der Waals surface area contributed by atoms with Crippen molar-refractivity contribution in [2.45, 2.75) is 6.92 Å². The number of esters is 1. The minimum atomic E-state index is -1.14. The van der Waals surface area contributed by atoms with Gasteiger partial charge in [0.25, 0.3) is 0 Å². The molecule has 2 aromatic heterocycles. The lowest BCUT2D eigenvalue weighted by Crippen LogP contribution is -2.08. The van der Waals surface area contributed by atoms with Gasteiger partial charge in [-0.3, -0.25) is 4.40 Å². The topological polar surface area (TPSA) is 107 Å². The van der Waals surface area contributed by atoms with E-state index in [-0.39, 0.29) is 29.3 Å². The predicted octanol–water partition coefficient (Wildman–Crippen LogP) is 0.791. The largest absolute Gasteiger partial charge is 0.478 e. The van der Waals surface area contributed by atoms with Crippen molar-refractivity contribution in [3.05, 3.63) is 29.6 Å². The predicted molar refractivity (Wildman–Crippen MR) is 62.5 cm³/mol. The molecule has 0 bridgehead atoms. The van der Waals surface area contributed by atoms with E-state index in [1.807, 2.05) is 0 Å². The van der Waals surface area contributed by atoms with Crippen LogP contribution < -0.4 is 5.73 Å². The van der Waals surface area contributed by atoms with E-state index in [1.54, 1.807) is 6.92 Å². The van der Waals surface area contributed by atoms with Gasteiger partial charge in [-0.15, -0.1) is 0 Å². The number of rotatable bonds is 3. The molecule has 0 saturated carbocycles. The molecule has 2 rings (SSSR count). The molecule has 0 aliphatic heterocycles. The average molecular weight is 249 g/mol. The highest BCUT2D eigenvalue weighted by atomic mass is 16.5. The van der Waals surface area contributed by atoms with Crippen LogP contribution in [0.4, 0.5) is 5.82 Å². The number of aromatic carboxylic acids is 1. The van der Waals surface area contributed by atoms with Crippen molar-refractivity contribution in [2.24, 2.45) is 0 Å². The van der Waals surface area contributed by atoms with Gasteiger partial charge < -0.3 is 15.6 Å². The summed E-state index contributed by atoms with van der Waals surface area (Å²) in [5, 5.41) is 9.01. The highest BCUT2D eigenvalue weighted by molar-refractivity contribution is 5.98. The number of anilines is 1. The van der Waals surface area contributed by atoms with Gasteiger partial charge in [0.15, 0.2) is 11.3 Å². The number of hydrogen-bond acceptors (Lipinski definition) is 5. The summed E-state index contributed by atoms with van der Waals surface area (Å²) in [6, 6.07) is 2.91. The number of carboxylic acids is 1. The lowest BCUT2D eigenvalue weighted by atomic mass is 10.3. The van der Waals surface area contributed by atoms with Crippen LogP contribution >= 0.6 is 0 Å². The molecule has 94 valence electrons. The lowest BCUT2D eigenvalue weighted by molar-refractivity contribution is 0.0521. The van der Waals surface area contributed by atoms with E-state index in [9.17, 15) is 9.59 Å². The average Bonchev–Trinajstić information content (AvgIpc) is 2.67. The molecule has 0 atom stereocenters. The second-order valence-corrected chi connectivity index (χ2v) is 3.49. The number of carboxylic acid groups (broad SMARTS) is 1. The third-order valence-corrected chi connectivity index (χ3v) is 2.39.